The topological polar surface area (TPSA) is 64.3 Å². The first-order valence-electron chi connectivity index (χ1n) is 4.45. The Balaban J connectivity index is 0.00000196. The molecule has 0 heterocycles. The molecule has 4 nitrogen and oxygen atoms in total. The standard InChI is InChI=1S/C10H14N2O2.Na.H/c1-8(13)14-10-4-2-3-9(7-10)12-6-5-11;;/h2-4,7,12H,5-6,11H2,1H3;;. The van der Waals surface area contributed by atoms with Crippen LogP contribution < -0.4 is 15.8 Å². The Labute approximate surface area is 111 Å². The molecule has 0 aliphatic carbocycles. The SMILES string of the molecule is CC(=O)Oc1cccc(NCCN)c1.[NaH]. The number of hydrogen-bond acceptors (Lipinski definition) is 4. The first-order chi connectivity index (χ1) is 6.72. The third-order valence-corrected chi connectivity index (χ3v) is 1.57. The fourth-order valence-corrected chi connectivity index (χ4v) is 1.05. The molecule has 0 fully saturated rings. The van der Waals surface area contributed by atoms with Crippen LogP contribution in [0.2, 0.25) is 0 Å². The van der Waals surface area contributed by atoms with Crippen LogP contribution in [0.4, 0.5) is 5.69 Å². The van der Waals surface area contributed by atoms with Crippen molar-refractivity contribution in [3.8, 4) is 5.75 Å². The van der Waals surface area contributed by atoms with Crippen molar-refractivity contribution in [1.29, 1.82) is 0 Å². The summed E-state index contributed by atoms with van der Waals surface area (Å²) in [4.78, 5) is 10.7. The van der Waals surface area contributed by atoms with Gasteiger partial charge >= 0.3 is 35.5 Å². The van der Waals surface area contributed by atoms with E-state index in [1.807, 2.05) is 12.1 Å². The molecule has 15 heavy (non-hydrogen) atoms. The van der Waals surface area contributed by atoms with Crippen molar-refractivity contribution in [3.63, 3.8) is 0 Å². The Kier molecular flexibility index (Phi) is 7.42. The fourth-order valence-electron chi connectivity index (χ4n) is 1.05. The van der Waals surface area contributed by atoms with E-state index in [-0.39, 0.29) is 35.5 Å². The summed E-state index contributed by atoms with van der Waals surface area (Å²) in [7, 11) is 0. The van der Waals surface area contributed by atoms with Crippen molar-refractivity contribution in [2.75, 3.05) is 18.4 Å². The molecule has 0 saturated heterocycles. The quantitative estimate of drug-likeness (QED) is 0.434. The molecule has 78 valence electrons. The second kappa shape index (κ2) is 7.70. The minimum atomic E-state index is -0.319. The number of benzene rings is 1. The Morgan fingerprint density at radius 2 is 2.27 bits per heavy atom. The van der Waals surface area contributed by atoms with Gasteiger partial charge in [0, 0.05) is 31.8 Å². The predicted molar refractivity (Wildman–Crippen MR) is 62.4 cm³/mol. The van der Waals surface area contributed by atoms with E-state index in [0.717, 1.165) is 5.69 Å². The number of carbonyl (C=O) groups is 1. The van der Waals surface area contributed by atoms with Gasteiger partial charge in [-0.25, -0.2) is 0 Å². The minimum absolute atomic E-state index is 0. The Morgan fingerprint density at radius 3 is 2.87 bits per heavy atom. The number of hydrogen-bond donors (Lipinski definition) is 2. The van der Waals surface area contributed by atoms with E-state index in [0.29, 0.717) is 18.8 Å². The average molecular weight is 218 g/mol. The molecule has 0 spiro atoms. The maximum absolute atomic E-state index is 10.7. The van der Waals surface area contributed by atoms with Gasteiger partial charge in [-0.1, -0.05) is 6.07 Å². The Morgan fingerprint density at radius 1 is 1.53 bits per heavy atom. The summed E-state index contributed by atoms with van der Waals surface area (Å²) in [6.07, 6.45) is 0. The molecule has 1 rings (SSSR count). The third-order valence-electron chi connectivity index (χ3n) is 1.57. The van der Waals surface area contributed by atoms with Crippen LogP contribution in [0.15, 0.2) is 24.3 Å². The van der Waals surface area contributed by atoms with Crippen molar-refractivity contribution in [2.45, 2.75) is 6.92 Å². The van der Waals surface area contributed by atoms with Crippen LogP contribution in [0.25, 0.3) is 0 Å². The summed E-state index contributed by atoms with van der Waals surface area (Å²) in [6.45, 7) is 2.64. The van der Waals surface area contributed by atoms with Gasteiger partial charge in [0.1, 0.15) is 5.75 Å². The normalized spacial score (nSPS) is 8.93. The monoisotopic (exact) mass is 218 g/mol. The van der Waals surface area contributed by atoms with Crippen LogP contribution in [-0.4, -0.2) is 48.6 Å². The van der Waals surface area contributed by atoms with Gasteiger partial charge in [-0.05, 0) is 12.1 Å². The predicted octanol–water partition coefficient (Wildman–Crippen LogP) is 0.334. The molecule has 0 amide bonds. The number of nitrogens with two attached hydrogens (primary N) is 1. The van der Waals surface area contributed by atoms with Crippen LogP contribution in [0.3, 0.4) is 0 Å². The van der Waals surface area contributed by atoms with Crippen LogP contribution in [0.1, 0.15) is 6.92 Å². The third kappa shape index (κ3) is 5.79. The van der Waals surface area contributed by atoms with Crippen LogP contribution in [0.5, 0.6) is 5.75 Å². The molecule has 0 aliphatic rings. The molecule has 5 heteroatoms. The van der Waals surface area contributed by atoms with Gasteiger partial charge < -0.3 is 15.8 Å². The summed E-state index contributed by atoms with van der Waals surface area (Å²) in [5.74, 6) is 0.223. The maximum atomic E-state index is 10.7. The molecule has 0 bridgehead atoms. The van der Waals surface area contributed by atoms with Crippen LogP contribution >= 0.6 is 0 Å². The van der Waals surface area contributed by atoms with Crippen molar-refractivity contribution in [3.05, 3.63) is 24.3 Å². The first kappa shape index (κ1) is 14.5. The Hall–Kier alpha value is -0.550. The van der Waals surface area contributed by atoms with Gasteiger partial charge in [-0.2, -0.15) is 0 Å². The molecule has 0 unspecified atom stereocenters. The van der Waals surface area contributed by atoms with Gasteiger partial charge in [-0.15, -0.1) is 0 Å². The van der Waals surface area contributed by atoms with Crippen molar-refractivity contribution in [1.82, 2.24) is 0 Å². The number of rotatable bonds is 4. The molecule has 3 N–H and O–H groups in total. The second-order valence-corrected chi connectivity index (χ2v) is 2.84. The average Bonchev–Trinajstić information content (AvgIpc) is 2.14. The van der Waals surface area contributed by atoms with Crippen LogP contribution in [-0.2, 0) is 4.79 Å². The molecule has 0 aromatic heterocycles. The van der Waals surface area contributed by atoms with Crippen molar-refractivity contribution in [2.24, 2.45) is 5.73 Å². The molecular weight excluding hydrogens is 203 g/mol. The fraction of sp³-hybridized carbons (Fsp3) is 0.300. The molecule has 0 atom stereocenters. The van der Waals surface area contributed by atoms with E-state index in [1.54, 1.807) is 12.1 Å². The first-order valence-corrected chi connectivity index (χ1v) is 4.45. The second-order valence-electron chi connectivity index (χ2n) is 2.84. The number of ether oxygens (including phenoxy) is 1. The molecular formula is C10H15N2NaO2. The number of anilines is 1. The summed E-state index contributed by atoms with van der Waals surface area (Å²) in [5, 5.41) is 3.09. The molecule has 0 aliphatic heterocycles. The summed E-state index contributed by atoms with van der Waals surface area (Å²) in [5.41, 5.74) is 6.24. The van der Waals surface area contributed by atoms with E-state index in [1.165, 1.54) is 6.92 Å². The van der Waals surface area contributed by atoms with E-state index in [9.17, 15) is 4.79 Å². The van der Waals surface area contributed by atoms with Gasteiger partial charge in [0.05, 0.1) is 0 Å². The zero-order chi connectivity index (χ0) is 10.4. The zero-order valence-corrected chi connectivity index (χ0v) is 8.12. The molecule has 1 aromatic carbocycles. The Bertz CT molecular complexity index is 318. The van der Waals surface area contributed by atoms with E-state index in [2.05, 4.69) is 5.32 Å². The number of carbonyl (C=O) groups excluding carboxylic acids is 1. The van der Waals surface area contributed by atoms with Gasteiger partial charge in [0.2, 0.25) is 0 Å². The molecule has 0 radical (unpaired) electrons. The van der Waals surface area contributed by atoms with E-state index in [4.69, 9.17) is 10.5 Å². The summed E-state index contributed by atoms with van der Waals surface area (Å²) < 4.78 is 4.92. The van der Waals surface area contributed by atoms with Gasteiger partial charge in [0.15, 0.2) is 0 Å². The van der Waals surface area contributed by atoms with E-state index >= 15 is 0 Å². The molecule has 0 saturated carbocycles. The van der Waals surface area contributed by atoms with Crippen molar-refractivity contribution < 1.29 is 9.53 Å². The summed E-state index contributed by atoms with van der Waals surface area (Å²) in [6, 6.07) is 7.20. The number of nitrogens with one attached hydrogen (secondary N) is 1. The summed E-state index contributed by atoms with van der Waals surface area (Å²) >= 11 is 0. The number of esters is 1. The van der Waals surface area contributed by atoms with Gasteiger partial charge in [0.25, 0.3) is 0 Å². The van der Waals surface area contributed by atoms with Crippen LogP contribution in [0, 0.1) is 0 Å². The van der Waals surface area contributed by atoms with Gasteiger partial charge in [-0.3, -0.25) is 4.79 Å². The van der Waals surface area contributed by atoms with E-state index < -0.39 is 0 Å². The van der Waals surface area contributed by atoms with Crippen molar-refractivity contribution >= 4 is 41.2 Å². The zero-order valence-electron chi connectivity index (χ0n) is 8.12. The molecule has 1 aromatic rings.